The minimum Gasteiger partial charge on any atom is -0.198 e. The summed E-state index contributed by atoms with van der Waals surface area (Å²) in [6, 6.07) is 5.33. The van der Waals surface area contributed by atoms with Crippen LogP contribution in [0.2, 0.25) is 0 Å². The topological polar surface area (TPSA) is 47.6 Å². The Morgan fingerprint density at radius 2 is 1.88 bits per heavy atom. The van der Waals surface area contributed by atoms with E-state index in [1.54, 1.807) is 13.0 Å². The van der Waals surface area contributed by atoms with Crippen LogP contribution in [-0.2, 0) is 12.6 Å². The molecular weight excluding hydrogens is 217 g/mol. The van der Waals surface area contributed by atoms with Crippen LogP contribution in [0.15, 0.2) is 12.1 Å². The molecule has 0 saturated carbocycles. The first-order chi connectivity index (χ1) is 7.40. The molecule has 0 bridgehead atoms. The minimum absolute atomic E-state index is 0.0966. The van der Waals surface area contributed by atoms with Crippen LogP contribution in [0.5, 0.6) is 0 Å². The van der Waals surface area contributed by atoms with E-state index in [1.165, 1.54) is 6.07 Å². The van der Waals surface area contributed by atoms with E-state index in [9.17, 15) is 13.2 Å². The van der Waals surface area contributed by atoms with E-state index in [2.05, 4.69) is 0 Å². The normalized spacial score (nSPS) is 10.6. The van der Waals surface area contributed by atoms with E-state index in [0.29, 0.717) is 11.1 Å². The van der Waals surface area contributed by atoms with E-state index in [4.69, 9.17) is 10.5 Å². The van der Waals surface area contributed by atoms with Crippen LogP contribution in [-0.4, -0.2) is 0 Å². The highest BCUT2D eigenvalue weighted by molar-refractivity contribution is 5.46. The van der Waals surface area contributed by atoms with Crippen molar-refractivity contribution < 1.29 is 13.2 Å². The van der Waals surface area contributed by atoms with Gasteiger partial charge in [-0.05, 0) is 30.2 Å². The Bertz CT molecular complexity index is 490. The summed E-state index contributed by atoms with van der Waals surface area (Å²) in [5.41, 5.74) is -0.572. The van der Waals surface area contributed by atoms with Crippen molar-refractivity contribution in [3.63, 3.8) is 0 Å². The average molecular weight is 224 g/mol. The molecule has 0 heterocycles. The van der Waals surface area contributed by atoms with Gasteiger partial charge in [-0.25, -0.2) is 0 Å². The summed E-state index contributed by atoms with van der Waals surface area (Å²) in [5, 5.41) is 17.1. The molecule has 0 saturated heterocycles. The van der Waals surface area contributed by atoms with Gasteiger partial charge in [0.2, 0.25) is 0 Å². The van der Waals surface area contributed by atoms with Crippen LogP contribution in [0.1, 0.15) is 22.3 Å². The first kappa shape index (κ1) is 12.1. The Labute approximate surface area is 90.5 Å². The summed E-state index contributed by atoms with van der Waals surface area (Å²) in [4.78, 5) is 0. The zero-order chi connectivity index (χ0) is 12.3. The highest BCUT2D eigenvalue weighted by Gasteiger charge is 2.34. The van der Waals surface area contributed by atoms with Gasteiger partial charge < -0.3 is 0 Å². The Hall–Kier alpha value is -2.01. The lowest BCUT2D eigenvalue weighted by Gasteiger charge is -2.11. The van der Waals surface area contributed by atoms with Gasteiger partial charge in [-0.15, -0.1) is 0 Å². The van der Waals surface area contributed by atoms with Crippen LogP contribution in [0.25, 0.3) is 0 Å². The summed E-state index contributed by atoms with van der Waals surface area (Å²) >= 11 is 0. The largest absolute Gasteiger partial charge is 0.417 e. The molecule has 0 aliphatic rings. The van der Waals surface area contributed by atoms with E-state index in [0.717, 1.165) is 12.1 Å². The summed E-state index contributed by atoms with van der Waals surface area (Å²) in [6.45, 7) is 1.58. The van der Waals surface area contributed by atoms with Gasteiger partial charge in [0, 0.05) is 0 Å². The maximum atomic E-state index is 12.6. The van der Waals surface area contributed by atoms with Crippen molar-refractivity contribution in [1.29, 1.82) is 10.5 Å². The van der Waals surface area contributed by atoms with Gasteiger partial charge in [-0.2, -0.15) is 23.7 Å². The molecule has 0 aliphatic heterocycles. The van der Waals surface area contributed by atoms with Gasteiger partial charge in [0.15, 0.2) is 0 Å². The van der Waals surface area contributed by atoms with Crippen molar-refractivity contribution in [2.45, 2.75) is 19.5 Å². The third-order valence-electron chi connectivity index (χ3n) is 2.17. The Balaban J connectivity index is 3.43. The Morgan fingerprint density at radius 1 is 1.25 bits per heavy atom. The van der Waals surface area contributed by atoms with E-state index >= 15 is 0 Å². The lowest BCUT2D eigenvalue weighted by molar-refractivity contribution is -0.137. The molecule has 1 rings (SSSR count). The summed E-state index contributed by atoms with van der Waals surface area (Å²) < 4.78 is 37.7. The predicted octanol–water partition coefficient (Wildman–Crippen LogP) is 2.95. The SMILES string of the molecule is Cc1cc(C#N)c(C(F)(F)F)cc1CC#N. The second-order valence-electron chi connectivity index (χ2n) is 3.27. The molecule has 0 aliphatic carbocycles. The Morgan fingerprint density at radius 3 is 2.31 bits per heavy atom. The summed E-state index contributed by atoms with van der Waals surface area (Å²) in [5.74, 6) is 0. The number of nitriles is 2. The molecule has 0 aromatic heterocycles. The summed E-state index contributed by atoms with van der Waals surface area (Å²) in [7, 11) is 0. The predicted molar refractivity (Wildman–Crippen MR) is 50.2 cm³/mol. The number of alkyl halides is 3. The van der Waals surface area contributed by atoms with Gasteiger partial charge in [-0.1, -0.05) is 0 Å². The number of nitrogens with zero attached hydrogens (tertiary/aromatic N) is 2. The number of hydrogen-bond acceptors (Lipinski definition) is 2. The standard InChI is InChI=1S/C11H7F3N2/c1-7-4-9(6-16)10(11(12,13)14)5-8(7)2-3-15/h4-5H,2H2,1H3. The molecule has 0 amide bonds. The average Bonchev–Trinajstić information content (AvgIpc) is 2.19. The van der Waals surface area contributed by atoms with Crippen molar-refractivity contribution in [2.24, 2.45) is 0 Å². The second-order valence-corrected chi connectivity index (χ2v) is 3.27. The maximum absolute atomic E-state index is 12.6. The number of halogens is 3. The highest BCUT2D eigenvalue weighted by atomic mass is 19.4. The highest BCUT2D eigenvalue weighted by Crippen LogP contribution is 2.33. The van der Waals surface area contributed by atoms with Crippen LogP contribution < -0.4 is 0 Å². The smallest absolute Gasteiger partial charge is 0.198 e. The molecule has 5 heteroatoms. The zero-order valence-electron chi connectivity index (χ0n) is 8.39. The monoisotopic (exact) mass is 224 g/mol. The maximum Gasteiger partial charge on any atom is 0.417 e. The summed E-state index contributed by atoms with van der Waals surface area (Å²) in [6.07, 6.45) is -4.66. The third kappa shape index (κ3) is 2.32. The van der Waals surface area contributed by atoms with Gasteiger partial charge in [0.25, 0.3) is 0 Å². The molecule has 16 heavy (non-hydrogen) atoms. The fraction of sp³-hybridized carbons (Fsp3) is 0.273. The van der Waals surface area contributed by atoms with Crippen molar-refractivity contribution in [3.8, 4) is 12.1 Å². The van der Waals surface area contributed by atoms with Crippen molar-refractivity contribution >= 4 is 0 Å². The molecule has 0 fully saturated rings. The second kappa shape index (κ2) is 4.24. The number of benzene rings is 1. The molecule has 0 N–H and O–H groups in total. The first-order valence-electron chi connectivity index (χ1n) is 4.38. The molecule has 0 atom stereocenters. The van der Waals surface area contributed by atoms with Crippen molar-refractivity contribution in [1.82, 2.24) is 0 Å². The zero-order valence-corrected chi connectivity index (χ0v) is 8.39. The molecule has 82 valence electrons. The number of hydrogen-bond donors (Lipinski definition) is 0. The van der Waals surface area contributed by atoms with Crippen LogP contribution in [0.4, 0.5) is 13.2 Å². The fourth-order valence-electron chi connectivity index (χ4n) is 1.36. The minimum atomic E-state index is -4.57. The third-order valence-corrected chi connectivity index (χ3v) is 2.17. The molecule has 1 aromatic carbocycles. The van der Waals surface area contributed by atoms with Crippen LogP contribution in [0.3, 0.4) is 0 Å². The van der Waals surface area contributed by atoms with Crippen LogP contribution in [0, 0.1) is 29.6 Å². The van der Waals surface area contributed by atoms with Crippen molar-refractivity contribution in [3.05, 3.63) is 34.4 Å². The van der Waals surface area contributed by atoms with Gasteiger partial charge in [0.05, 0.1) is 29.7 Å². The molecule has 0 unspecified atom stereocenters. The van der Waals surface area contributed by atoms with E-state index in [-0.39, 0.29) is 6.42 Å². The van der Waals surface area contributed by atoms with Gasteiger partial charge in [-0.3, -0.25) is 0 Å². The molecule has 0 radical (unpaired) electrons. The molecule has 1 aromatic rings. The van der Waals surface area contributed by atoms with Gasteiger partial charge >= 0.3 is 6.18 Å². The van der Waals surface area contributed by atoms with Gasteiger partial charge in [0.1, 0.15) is 0 Å². The quantitative estimate of drug-likeness (QED) is 0.736. The van der Waals surface area contributed by atoms with Crippen LogP contribution >= 0.6 is 0 Å². The van der Waals surface area contributed by atoms with E-state index in [1.807, 2.05) is 0 Å². The molecule has 0 spiro atoms. The fourth-order valence-corrected chi connectivity index (χ4v) is 1.36. The van der Waals surface area contributed by atoms with E-state index < -0.39 is 17.3 Å². The van der Waals surface area contributed by atoms with Crippen molar-refractivity contribution in [2.75, 3.05) is 0 Å². The number of rotatable bonds is 1. The lowest BCUT2D eigenvalue weighted by atomic mass is 9.98. The number of aryl methyl sites for hydroxylation is 1. The Kier molecular flexibility index (Phi) is 3.20. The molecule has 2 nitrogen and oxygen atoms in total. The lowest BCUT2D eigenvalue weighted by Crippen LogP contribution is -2.09. The first-order valence-corrected chi connectivity index (χ1v) is 4.38. The molecular formula is C11H7F3N2.